The van der Waals surface area contributed by atoms with Crippen LogP contribution in [0.4, 0.5) is 4.79 Å². The van der Waals surface area contributed by atoms with E-state index in [1.165, 1.54) is 4.90 Å². The quantitative estimate of drug-likeness (QED) is 0.829. The molecule has 2 amide bonds. The summed E-state index contributed by atoms with van der Waals surface area (Å²) in [5.74, 6) is -0.443. The van der Waals surface area contributed by atoms with Crippen LogP contribution in [0.2, 0.25) is 0 Å². The normalized spacial score (nSPS) is 22.0. The maximum absolute atomic E-state index is 12.2. The van der Waals surface area contributed by atoms with Crippen LogP contribution in [-0.2, 0) is 18.4 Å². The van der Waals surface area contributed by atoms with E-state index in [4.69, 9.17) is 0 Å². The average molecular weight is 281 g/mol. The van der Waals surface area contributed by atoms with Crippen LogP contribution in [0.1, 0.15) is 32.0 Å². The van der Waals surface area contributed by atoms with Gasteiger partial charge in [0.2, 0.25) is 0 Å². The van der Waals surface area contributed by atoms with Crippen molar-refractivity contribution in [3.05, 3.63) is 12.2 Å². The van der Waals surface area contributed by atoms with Gasteiger partial charge in [-0.1, -0.05) is 6.92 Å². The smallest absolute Gasteiger partial charge is 0.329 e. The number of rotatable bonds is 4. The van der Waals surface area contributed by atoms with Gasteiger partial charge in [0.1, 0.15) is 11.9 Å². The molecule has 0 radical (unpaired) electrons. The Balaban J connectivity index is 2.02. The first kappa shape index (κ1) is 14.3. The highest BCUT2D eigenvalue weighted by Gasteiger charge is 2.48. The molecule has 0 saturated carbocycles. The second-order valence-corrected chi connectivity index (χ2v) is 4.94. The number of nitrogens with zero attached hydrogens (tertiary/aromatic N) is 4. The molecule has 2 N–H and O–H groups in total. The molecule has 1 atom stereocenters. The molecule has 1 unspecified atom stereocenters. The third-order valence-electron chi connectivity index (χ3n) is 3.76. The summed E-state index contributed by atoms with van der Waals surface area (Å²) in [5.41, 5.74) is -1.08. The van der Waals surface area contributed by atoms with Gasteiger partial charge in [0.15, 0.2) is 5.82 Å². The minimum atomic E-state index is -1.08. The molecule has 20 heavy (non-hydrogen) atoms. The standard InChI is InChI=1S/C12H19N5O3/c1-3-12(10(18)19)5-4-6-17(12)11(20)13-7-9-14-8-16(2)15-9/h8H,3-7H2,1-2H3,(H,13,20)(H,18,19). The van der Waals surface area contributed by atoms with Crippen LogP contribution in [0.3, 0.4) is 0 Å². The van der Waals surface area contributed by atoms with E-state index >= 15 is 0 Å². The number of carbonyl (C=O) groups excluding carboxylic acids is 1. The van der Waals surface area contributed by atoms with Gasteiger partial charge in [-0.3, -0.25) is 4.68 Å². The zero-order valence-corrected chi connectivity index (χ0v) is 11.7. The van der Waals surface area contributed by atoms with E-state index in [9.17, 15) is 14.7 Å². The number of aryl methyl sites for hydroxylation is 1. The van der Waals surface area contributed by atoms with E-state index < -0.39 is 11.5 Å². The molecular weight excluding hydrogens is 262 g/mol. The van der Waals surface area contributed by atoms with Gasteiger partial charge in [0.25, 0.3) is 0 Å². The van der Waals surface area contributed by atoms with Crippen LogP contribution in [0.15, 0.2) is 6.33 Å². The molecule has 1 fully saturated rings. The summed E-state index contributed by atoms with van der Waals surface area (Å²) in [7, 11) is 1.74. The zero-order valence-electron chi connectivity index (χ0n) is 11.7. The Morgan fingerprint density at radius 2 is 2.30 bits per heavy atom. The third kappa shape index (κ3) is 2.45. The highest BCUT2D eigenvalue weighted by Crippen LogP contribution is 2.32. The number of nitrogens with one attached hydrogen (secondary N) is 1. The number of carboxylic acid groups (broad SMARTS) is 1. The molecule has 1 aliphatic rings. The Labute approximate surface area is 116 Å². The molecule has 1 aromatic rings. The van der Waals surface area contributed by atoms with Gasteiger partial charge in [-0.25, -0.2) is 14.6 Å². The lowest BCUT2D eigenvalue weighted by Crippen LogP contribution is -2.55. The second-order valence-electron chi connectivity index (χ2n) is 4.94. The predicted molar refractivity (Wildman–Crippen MR) is 69.8 cm³/mol. The van der Waals surface area contributed by atoms with Crippen molar-refractivity contribution >= 4 is 12.0 Å². The first-order valence-corrected chi connectivity index (χ1v) is 6.63. The predicted octanol–water partition coefficient (Wildman–Crippen LogP) is 0.354. The van der Waals surface area contributed by atoms with Crippen LogP contribution < -0.4 is 5.32 Å². The van der Waals surface area contributed by atoms with Crippen LogP contribution >= 0.6 is 0 Å². The molecule has 1 aliphatic heterocycles. The largest absolute Gasteiger partial charge is 0.479 e. The Hall–Kier alpha value is -2.12. The van der Waals surface area contributed by atoms with E-state index in [1.807, 2.05) is 0 Å². The fourth-order valence-corrected chi connectivity index (χ4v) is 2.63. The second kappa shape index (κ2) is 5.48. The summed E-state index contributed by atoms with van der Waals surface area (Å²) in [6.07, 6.45) is 3.14. The number of hydrogen-bond donors (Lipinski definition) is 2. The van der Waals surface area contributed by atoms with Gasteiger partial charge >= 0.3 is 12.0 Å². The van der Waals surface area contributed by atoms with Crippen LogP contribution in [0.5, 0.6) is 0 Å². The molecule has 2 heterocycles. The molecule has 8 nitrogen and oxygen atoms in total. The fourth-order valence-electron chi connectivity index (χ4n) is 2.63. The van der Waals surface area contributed by atoms with E-state index in [0.717, 1.165) is 0 Å². The van der Waals surface area contributed by atoms with Crippen LogP contribution in [0, 0.1) is 0 Å². The average Bonchev–Trinajstić information content (AvgIpc) is 3.02. The summed E-state index contributed by atoms with van der Waals surface area (Å²) in [4.78, 5) is 29.1. The lowest BCUT2D eigenvalue weighted by Gasteiger charge is -2.33. The van der Waals surface area contributed by atoms with Crippen molar-refractivity contribution in [3.8, 4) is 0 Å². The molecule has 0 aromatic carbocycles. The zero-order chi connectivity index (χ0) is 14.8. The topological polar surface area (TPSA) is 100 Å². The lowest BCUT2D eigenvalue weighted by atomic mass is 9.93. The number of aliphatic carboxylic acids is 1. The third-order valence-corrected chi connectivity index (χ3v) is 3.76. The Kier molecular flexibility index (Phi) is 3.91. The summed E-state index contributed by atoms with van der Waals surface area (Å²) < 4.78 is 1.55. The van der Waals surface area contributed by atoms with Crippen molar-refractivity contribution < 1.29 is 14.7 Å². The SMILES string of the molecule is CCC1(C(=O)O)CCCN1C(=O)NCc1ncn(C)n1. The van der Waals surface area contributed by atoms with Gasteiger partial charge in [-0.2, -0.15) is 5.10 Å². The summed E-state index contributed by atoms with van der Waals surface area (Å²) in [5, 5.41) is 16.2. The molecule has 1 saturated heterocycles. The van der Waals surface area contributed by atoms with Crippen molar-refractivity contribution in [2.75, 3.05) is 6.54 Å². The van der Waals surface area contributed by atoms with Crippen molar-refractivity contribution in [1.29, 1.82) is 0 Å². The number of urea groups is 1. The highest BCUT2D eigenvalue weighted by atomic mass is 16.4. The van der Waals surface area contributed by atoms with Crippen LogP contribution in [0.25, 0.3) is 0 Å². The minimum Gasteiger partial charge on any atom is -0.479 e. The number of carbonyl (C=O) groups is 2. The van der Waals surface area contributed by atoms with Crippen LogP contribution in [-0.4, -0.2) is 48.9 Å². The van der Waals surface area contributed by atoms with E-state index in [2.05, 4.69) is 15.4 Å². The van der Waals surface area contributed by atoms with Crippen molar-refractivity contribution in [2.45, 2.75) is 38.3 Å². The molecular formula is C12H19N5O3. The maximum Gasteiger partial charge on any atom is 0.329 e. The van der Waals surface area contributed by atoms with Gasteiger partial charge in [0, 0.05) is 13.6 Å². The number of likely N-dealkylation sites (tertiary alicyclic amines) is 1. The molecule has 8 heteroatoms. The van der Waals surface area contributed by atoms with Gasteiger partial charge in [-0.05, 0) is 19.3 Å². The summed E-state index contributed by atoms with van der Waals surface area (Å²) in [6.45, 7) is 2.44. The number of carboxylic acids is 1. The summed E-state index contributed by atoms with van der Waals surface area (Å²) in [6, 6.07) is -0.376. The highest BCUT2D eigenvalue weighted by molar-refractivity contribution is 5.87. The van der Waals surface area contributed by atoms with Gasteiger partial charge in [-0.15, -0.1) is 0 Å². The van der Waals surface area contributed by atoms with Gasteiger partial charge < -0.3 is 15.3 Å². The van der Waals surface area contributed by atoms with E-state index in [1.54, 1.807) is 25.0 Å². The minimum absolute atomic E-state index is 0.190. The molecule has 0 spiro atoms. The number of amides is 2. The monoisotopic (exact) mass is 281 g/mol. The van der Waals surface area contributed by atoms with E-state index in [-0.39, 0.29) is 12.6 Å². The van der Waals surface area contributed by atoms with Gasteiger partial charge in [0.05, 0.1) is 6.54 Å². The van der Waals surface area contributed by atoms with Crippen molar-refractivity contribution in [2.24, 2.45) is 7.05 Å². The number of aromatic nitrogens is 3. The lowest BCUT2D eigenvalue weighted by molar-refractivity contribution is -0.148. The van der Waals surface area contributed by atoms with E-state index in [0.29, 0.717) is 31.6 Å². The molecule has 110 valence electrons. The molecule has 1 aromatic heterocycles. The molecule has 0 aliphatic carbocycles. The number of hydrogen-bond acceptors (Lipinski definition) is 4. The van der Waals surface area contributed by atoms with Crippen molar-refractivity contribution in [1.82, 2.24) is 25.0 Å². The first-order chi connectivity index (χ1) is 9.49. The first-order valence-electron chi connectivity index (χ1n) is 6.63. The fraction of sp³-hybridized carbons (Fsp3) is 0.667. The summed E-state index contributed by atoms with van der Waals surface area (Å²) >= 11 is 0. The Morgan fingerprint density at radius 3 is 2.85 bits per heavy atom. The van der Waals surface area contributed by atoms with Crippen molar-refractivity contribution in [3.63, 3.8) is 0 Å². The Bertz CT molecular complexity index is 515. The molecule has 2 rings (SSSR count). The maximum atomic E-state index is 12.2. The Morgan fingerprint density at radius 1 is 1.55 bits per heavy atom. The molecule has 0 bridgehead atoms.